The van der Waals surface area contributed by atoms with Crippen molar-refractivity contribution in [2.24, 2.45) is 5.92 Å². The standard InChI is InChI=1S/C16H26N2O3/c1-3-6-16(17-10-5-7-13(2)12-19)14-8-4-9-15(11-14)18(20)21/h4,8-9,11,13,16-17,19H,3,5-7,10,12H2,1-2H3. The fourth-order valence-electron chi connectivity index (χ4n) is 2.35. The van der Waals surface area contributed by atoms with Crippen LogP contribution < -0.4 is 5.32 Å². The topological polar surface area (TPSA) is 75.4 Å². The lowest BCUT2D eigenvalue weighted by atomic mass is 10.0. The highest BCUT2D eigenvalue weighted by Crippen LogP contribution is 2.23. The monoisotopic (exact) mass is 294 g/mol. The molecule has 1 aromatic rings. The molecule has 1 aromatic carbocycles. The summed E-state index contributed by atoms with van der Waals surface area (Å²) in [5, 5.41) is 23.3. The van der Waals surface area contributed by atoms with E-state index in [-0.39, 0.29) is 23.3 Å². The van der Waals surface area contributed by atoms with Crippen LogP contribution in [0, 0.1) is 16.0 Å². The van der Waals surface area contributed by atoms with Crippen LogP contribution >= 0.6 is 0 Å². The molecule has 2 N–H and O–H groups in total. The summed E-state index contributed by atoms with van der Waals surface area (Å²) in [6.45, 7) is 5.23. The molecule has 0 fully saturated rings. The molecule has 0 heterocycles. The van der Waals surface area contributed by atoms with Crippen LogP contribution in [0.1, 0.15) is 51.1 Å². The highest BCUT2D eigenvalue weighted by molar-refractivity contribution is 5.35. The van der Waals surface area contributed by atoms with Crippen molar-refractivity contribution >= 4 is 5.69 Å². The van der Waals surface area contributed by atoms with E-state index in [1.54, 1.807) is 12.1 Å². The number of hydrogen-bond acceptors (Lipinski definition) is 4. The predicted octanol–water partition coefficient (Wildman–Crippen LogP) is 3.43. The van der Waals surface area contributed by atoms with E-state index < -0.39 is 0 Å². The van der Waals surface area contributed by atoms with Gasteiger partial charge in [0.2, 0.25) is 0 Å². The second-order valence-electron chi connectivity index (χ2n) is 5.58. The Kier molecular flexibility index (Phi) is 7.93. The van der Waals surface area contributed by atoms with E-state index in [0.717, 1.165) is 37.8 Å². The molecule has 1 rings (SSSR count). The van der Waals surface area contributed by atoms with Crippen molar-refractivity contribution < 1.29 is 10.0 Å². The molecular weight excluding hydrogens is 268 g/mol. The van der Waals surface area contributed by atoms with Crippen molar-refractivity contribution in [2.75, 3.05) is 13.2 Å². The molecule has 21 heavy (non-hydrogen) atoms. The molecule has 2 unspecified atom stereocenters. The van der Waals surface area contributed by atoms with Crippen LogP contribution in [0.15, 0.2) is 24.3 Å². The van der Waals surface area contributed by atoms with Crippen LogP contribution in [0.4, 0.5) is 5.69 Å². The highest BCUT2D eigenvalue weighted by atomic mass is 16.6. The van der Waals surface area contributed by atoms with Crippen molar-refractivity contribution in [3.05, 3.63) is 39.9 Å². The SMILES string of the molecule is CCCC(NCCCC(C)CO)c1cccc([N+](=O)[O-])c1. The molecule has 118 valence electrons. The molecule has 0 aromatic heterocycles. The van der Waals surface area contributed by atoms with E-state index in [1.165, 1.54) is 6.07 Å². The predicted molar refractivity (Wildman–Crippen MR) is 84.2 cm³/mol. The third-order valence-electron chi connectivity index (χ3n) is 3.64. The highest BCUT2D eigenvalue weighted by Gasteiger charge is 2.13. The molecule has 0 saturated carbocycles. The number of benzene rings is 1. The molecule has 2 atom stereocenters. The zero-order chi connectivity index (χ0) is 15.7. The Hall–Kier alpha value is -1.46. The summed E-state index contributed by atoms with van der Waals surface area (Å²) < 4.78 is 0. The van der Waals surface area contributed by atoms with E-state index in [2.05, 4.69) is 12.2 Å². The fraction of sp³-hybridized carbons (Fsp3) is 0.625. The first kappa shape index (κ1) is 17.6. The largest absolute Gasteiger partial charge is 0.396 e. The van der Waals surface area contributed by atoms with Crippen molar-refractivity contribution in [1.82, 2.24) is 5.32 Å². The average Bonchev–Trinajstić information content (AvgIpc) is 2.50. The summed E-state index contributed by atoms with van der Waals surface area (Å²) in [6.07, 6.45) is 3.96. The van der Waals surface area contributed by atoms with Crippen LogP contribution in [-0.4, -0.2) is 23.2 Å². The van der Waals surface area contributed by atoms with Gasteiger partial charge in [0, 0.05) is 24.8 Å². The first-order valence-electron chi connectivity index (χ1n) is 7.67. The maximum absolute atomic E-state index is 10.9. The Bertz CT molecular complexity index is 437. The molecule has 0 bridgehead atoms. The van der Waals surface area contributed by atoms with Crippen LogP contribution in [0.5, 0.6) is 0 Å². The van der Waals surface area contributed by atoms with Gasteiger partial charge in [0.25, 0.3) is 5.69 Å². The number of rotatable bonds is 10. The molecule has 0 aliphatic heterocycles. The summed E-state index contributed by atoms with van der Waals surface area (Å²) >= 11 is 0. The van der Waals surface area contributed by atoms with Crippen LogP contribution in [0.3, 0.4) is 0 Å². The number of nitrogens with one attached hydrogen (secondary N) is 1. The van der Waals surface area contributed by atoms with Crippen LogP contribution in [-0.2, 0) is 0 Å². The molecule has 0 radical (unpaired) electrons. The first-order valence-corrected chi connectivity index (χ1v) is 7.67. The van der Waals surface area contributed by atoms with Gasteiger partial charge in [-0.3, -0.25) is 10.1 Å². The van der Waals surface area contributed by atoms with Crippen LogP contribution in [0.2, 0.25) is 0 Å². The number of aliphatic hydroxyl groups excluding tert-OH is 1. The van der Waals surface area contributed by atoms with E-state index in [0.29, 0.717) is 5.92 Å². The van der Waals surface area contributed by atoms with Crippen molar-refractivity contribution in [2.45, 2.75) is 45.6 Å². The van der Waals surface area contributed by atoms with E-state index in [4.69, 9.17) is 5.11 Å². The van der Waals surface area contributed by atoms with Gasteiger partial charge in [0.05, 0.1) is 4.92 Å². The summed E-state index contributed by atoms with van der Waals surface area (Å²) in [5.41, 5.74) is 1.12. The molecule has 5 nitrogen and oxygen atoms in total. The molecule has 0 amide bonds. The Balaban J connectivity index is 2.60. The van der Waals surface area contributed by atoms with E-state index in [1.807, 2.05) is 13.0 Å². The number of hydrogen-bond donors (Lipinski definition) is 2. The van der Waals surface area contributed by atoms with E-state index >= 15 is 0 Å². The minimum Gasteiger partial charge on any atom is -0.396 e. The Morgan fingerprint density at radius 1 is 1.38 bits per heavy atom. The van der Waals surface area contributed by atoms with Gasteiger partial charge in [0.15, 0.2) is 0 Å². The molecule has 0 aliphatic carbocycles. The van der Waals surface area contributed by atoms with Gasteiger partial charge in [-0.05, 0) is 37.3 Å². The van der Waals surface area contributed by atoms with Crippen molar-refractivity contribution in [3.8, 4) is 0 Å². The minimum atomic E-state index is -0.352. The van der Waals surface area contributed by atoms with Gasteiger partial charge in [-0.15, -0.1) is 0 Å². The number of aliphatic hydroxyl groups is 1. The maximum Gasteiger partial charge on any atom is 0.269 e. The lowest BCUT2D eigenvalue weighted by molar-refractivity contribution is -0.384. The molecule has 5 heteroatoms. The maximum atomic E-state index is 10.9. The number of nitrogens with zero attached hydrogens (tertiary/aromatic N) is 1. The summed E-state index contributed by atoms with van der Waals surface area (Å²) in [5.74, 6) is 0.328. The van der Waals surface area contributed by atoms with Gasteiger partial charge >= 0.3 is 0 Å². The lowest BCUT2D eigenvalue weighted by Gasteiger charge is -2.19. The number of non-ortho nitro benzene ring substituents is 1. The molecule has 0 spiro atoms. The average molecular weight is 294 g/mol. The normalized spacial score (nSPS) is 13.9. The van der Waals surface area contributed by atoms with Crippen molar-refractivity contribution in [1.29, 1.82) is 0 Å². The van der Waals surface area contributed by atoms with E-state index in [9.17, 15) is 10.1 Å². The fourth-order valence-corrected chi connectivity index (χ4v) is 2.35. The third-order valence-corrected chi connectivity index (χ3v) is 3.64. The summed E-state index contributed by atoms with van der Waals surface area (Å²) in [6, 6.07) is 7.01. The van der Waals surface area contributed by atoms with Crippen LogP contribution in [0.25, 0.3) is 0 Å². The summed E-state index contributed by atoms with van der Waals surface area (Å²) in [7, 11) is 0. The second-order valence-corrected chi connectivity index (χ2v) is 5.58. The molecule has 0 saturated heterocycles. The number of nitro groups is 1. The molecule has 0 aliphatic rings. The van der Waals surface area contributed by atoms with Gasteiger partial charge in [-0.2, -0.15) is 0 Å². The van der Waals surface area contributed by atoms with Gasteiger partial charge < -0.3 is 10.4 Å². The van der Waals surface area contributed by atoms with Gasteiger partial charge in [0.1, 0.15) is 0 Å². The molecular formula is C16H26N2O3. The Morgan fingerprint density at radius 2 is 2.14 bits per heavy atom. The zero-order valence-electron chi connectivity index (χ0n) is 12.9. The van der Waals surface area contributed by atoms with Gasteiger partial charge in [-0.1, -0.05) is 32.4 Å². The van der Waals surface area contributed by atoms with Gasteiger partial charge in [-0.25, -0.2) is 0 Å². The quantitative estimate of drug-likeness (QED) is 0.394. The third kappa shape index (κ3) is 6.23. The second kappa shape index (κ2) is 9.47. The smallest absolute Gasteiger partial charge is 0.269 e. The summed E-state index contributed by atoms with van der Waals surface area (Å²) in [4.78, 5) is 10.5. The minimum absolute atomic E-state index is 0.143. The zero-order valence-corrected chi connectivity index (χ0v) is 12.9. The number of nitro benzene ring substituents is 1. The Labute approximate surface area is 126 Å². The first-order chi connectivity index (χ1) is 10.1. The van der Waals surface area contributed by atoms with Crippen molar-refractivity contribution in [3.63, 3.8) is 0 Å². The lowest BCUT2D eigenvalue weighted by Crippen LogP contribution is -2.23. The Morgan fingerprint density at radius 3 is 2.76 bits per heavy atom.